The zero-order chi connectivity index (χ0) is 13.6. The monoisotopic (exact) mass is 273 g/mol. The summed E-state index contributed by atoms with van der Waals surface area (Å²) in [5.41, 5.74) is 0.503. The lowest BCUT2D eigenvalue weighted by Gasteiger charge is -2.10. The molecule has 5 nitrogen and oxygen atoms in total. The van der Waals surface area contributed by atoms with Gasteiger partial charge in [-0.1, -0.05) is 13.0 Å². The molecule has 1 rings (SSSR count). The van der Waals surface area contributed by atoms with Crippen LogP contribution in [0, 0.1) is 0 Å². The molecule has 0 bridgehead atoms. The number of hydrogen-bond donors (Lipinski definition) is 1. The van der Waals surface area contributed by atoms with Gasteiger partial charge in [0.15, 0.2) is 0 Å². The Kier molecular flexibility index (Phi) is 5.55. The minimum absolute atomic E-state index is 0.102. The van der Waals surface area contributed by atoms with Crippen LogP contribution in [0.25, 0.3) is 0 Å². The number of ether oxygens (including phenoxy) is 1. The van der Waals surface area contributed by atoms with Gasteiger partial charge in [-0.05, 0) is 18.9 Å². The molecule has 0 fully saturated rings. The molecule has 6 heteroatoms. The zero-order valence-corrected chi connectivity index (χ0v) is 11.5. The van der Waals surface area contributed by atoms with Crippen molar-refractivity contribution in [3.8, 4) is 5.88 Å². The Balaban J connectivity index is 2.52. The summed E-state index contributed by atoms with van der Waals surface area (Å²) in [4.78, 5) is 4.10. The van der Waals surface area contributed by atoms with Crippen LogP contribution in [-0.4, -0.2) is 37.1 Å². The van der Waals surface area contributed by atoms with Crippen molar-refractivity contribution in [2.45, 2.75) is 25.9 Å². The molecule has 0 aromatic carbocycles. The molecule has 0 radical (unpaired) electrons. The van der Waals surface area contributed by atoms with Crippen LogP contribution in [0.1, 0.15) is 31.6 Å². The average Bonchev–Trinajstić information content (AvgIpc) is 2.38. The van der Waals surface area contributed by atoms with E-state index in [9.17, 15) is 13.5 Å². The molecule has 0 aliphatic carbocycles. The summed E-state index contributed by atoms with van der Waals surface area (Å²) in [6.07, 6.45) is 0.0440. The number of aliphatic hydroxyl groups excluding tert-OH is 1. The number of hydrogen-bond acceptors (Lipinski definition) is 5. The molecule has 102 valence electrons. The highest BCUT2D eigenvalue weighted by atomic mass is 32.2. The normalized spacial score (nSPS) is 13.3. The molecule has 0 spiro atoms. The summed E-state index contributed by atoms with van der Waals surface area (Å²) in [5, 5.41) is 9.90. The maximum absolute atomic E-state index is 11.3. The van der Waals surface area contributed by atoms with E-state index in [0.29, 0.717) is 24.4 Å². The smallest absolute Gasteiger partial charge is 0.213 e. The molecular formula is C12H19NO4S. The summed E-state index contributed by atoms with van der Waals surface area (Å²) >= 11 is 0. The highest BCUT2D eigenvalue weighted by Gasteiger charge is 2.13. The molecule has 0 aliphatic rings. The number of aromatic nitrogens is 1. The Morgan fingerprint density at radius 3 is 2.78 bits per heavy atom. The quantitative estimate of drug-likeness (QED) is 0.811. The van der Waals surface area contributed by atoms with E-state index in [1.165, 1.54) is 7.11 Å². The second-order valence-corrected chi connectivity index (χ2v) is 6.47. The van der Waals surface area contributed by atoms with Crippen LogP contribution < -0.4 is 4.74 Å². The van der Waals surface area contributed by atoms with E-state index < -0.39 is 15.9 Å². The van der Waals surface area contributed by atoms with Crippen molar-refractivity contribution in [1.29, 1.82) is 0 Å². The first-order valence-electron chi connectivity index (χ1n) is 5.88. The van der Waals surface area contributed by atoms with E-state index in [-0.39, 0.29) is 11.5 Å². The van der Waals surface area contributed by atoms with Crippen molar-refractivity contribution in [3.63, 3.8) is 0 Å². The predicted octanol–water partition coefficient (Wildman–Crippen LogP) is 1.34. The second-order valence-electron chi connectivity index (χ2n) is 4.00. The second kappa shape index (κ2) is 6.70. The zero-order valence-electron chi connectivity index (χ0n) is 10.7. The highest BCUT2D eigenvalue weighted by molar-refractivity contribution is 7.91. The van der Waals surface area contributed by atoms with Gasteiger partial charge in [0, 0.05) is 11.8 Å². The van der Waals surface area contributed by atoms with Gasteiger partial charge in [0.25, 0.3) is 0 Å². The Hall–Kier alpha value is -1.14. The molecule has 1 N–H and O–H groups in total. The third-order valence-electron chi connectivity index (χ3n) is 2.67. The number of sulfone groups is 1. The fourth-order valence-corrected chi connectivity index (χ4v) is 2.41. The third-order valence-corrected chi connectivity index (χ3v) is 4.46. The number of pyridine rings is 1. The summed E-state index contributed by atoms with van der Waals surface area (Å²) in [6, 6.07) is 5.13. The first kappa shape index (κ1) is 14.9. The molecule has 0 saturated carbocycles. The maximum Gasteiger partial charge on any atom is 0.213 e. The first-order valence-corrected chi connectivity index (χ1v) is 7.70. The number of rotatable bonds is 7. The van der Waals surface area contributed by atoms with Crippen LogP contribution >= 0.6 is 0 Å². The van der Waals surface area contributed by atoms with Crippen LogP contribution in [0.15, 0.2) is 18.2 Å². The van der Waals surface area contributed by atoms with Gasteiger partial charge in [0.1, 0.15) is 9.84 Å². The van der Waals surface area contributed by atoms with Gasteiger partial charge in [-0.3, -0.25) is 0 Å². The first-order chi connectivity index (χ1) is 8.48. The molecule has 0 saturated heterocycles. The van der Waals surface area contributed by atoms with Crippen molar-refractivity contribution in [1.82, 2.24) is 4.98 Å². The van der Waals surface area contributed by atoms with Crippen LogP contribution in [0.5, 0.6) is 5.88 Å². The van der Waals surface area contributed by atoms with Gasteiger partial charge in [0.2, 0.25) is 5.88 Å². The van der Waals surface area contributed by atoms with Crippen LogP contribution in [0.4, 0.5) is 0 Å². The molecule has 1 aromatic heterocycles. The number of methoxy groups -OCH3 is 1. The standard InChI is InChI=1S/C12H19NO4S/c1-3-18(15,16)9-5-7-11(14)10-6-4-8-12(13-10)17-2/h4,6,8,11,14H,3,5,7,9H2,1-2H3. The largest absolute Gasteiger partial charge is 0.481 e. The van der Waals surface area contributed by atoms with Gasteiger partial charge in [0.05, 0.1) is 24.7 Å². The summed E-state index contributed by atoms with van der Waals surface area (Å²) in [5.74, 6) is 0.679. The molecular weight excluding hydrogens is 254 g/mol. The molecule has 1 unspecified atom stereocenters. The molecule has 18 heavy (non-hydrogen) atoms. The van der Waals surface area contributed by atoms with Gasteiger partial charge in [-0.15, -0.1) is 0 Å². The van der Waals surface area contributed by atoms with Crippen LogP contribution in [-0.2, 0) is 9.84 Å². The Bertz CT molecular complexity index is 473. The van der Waals surface area contributed by atoms with Gasteiger partial charge in [-0.25, -0.2) is 13.4 Å². The van der Waals surface area contributed by atoms with E-state index in [4.69, 9.17) is 4.74 Å². The van der Waals surface area contributed by atoms with Gasteiger partial charge >= 0.3 is 0 Å². The van der Waals surface area contributed by atoms with E-state index >= 15 is 0 Å². The van der Waals surface area contributed by atoms with Crippen LogP contribution in [0.3, 0.4) is 0 Å². The Morgan fingerprint density at radius 1 is 1.44 bits per heavy atom. The van der Waals surface area contributed by atoms with Gasteiger partial charge < -0.3 is 9.84 Å². The highest BCUT2D eigenvalue weighted by Crippen LogP contribution is 2.19. The van der Waals surface area contributed by atoms with Crippen LogP contribution in [0.2, 0.25) is 0 Å². The number of nitrogens with zero attached hydrogens (tertiary/aromatic N) is 1. The lowest BCUT2D eigenvalue weighted by Crippen LogP contribution is -2.10. The maximum atomic E-state index is 11.3. The van der Waals surface area contributed by atoms with Gasteiger partial charge in [-0.2, -0.15) is 0 Å². The molecule has 1 aromatic rings. The Morgan fingerprint density at radius 2 is 2.17 bits per heavy atom. The van der Waals surface area contributed by atoms with E-state index in [0.717, 1.165) is 0 Å². The summed E-state index contributed by atoms with van der Waals surface area (Å²) in [6.45, 7) is 1.62. The minimum Gasteiger partial charge on any atom is -0.481 e. The van der Waals surface area contributed by atoms with E-state index in [1.807, 2.05) is 0 Å². The topological polar surface area (TPSA) is 76.5 Å². The molecule has 0 amide bonds. The molecule has 1 atom stereocenters. The molecule has 0 aliphatic heterocycles. The Labute approximate surface area is 108 Å². The van der Waals surface area contributed by atoms with E-state index in [2.05, 4.69) is 4.98 Å². The van der Waals surface area contributed by atoms with Crippen molar-refractivity contribution in [2.24, 2.45) is 0 Å². The van der Waals surface area contributed by atoms with Crippen molar-refractivity contribution in [3.05, 3.63) is 23.9 Å². The van der Waals surface area contributed by atoms with Crippen molar-refractivity contribution >= 4 is 9.84 Å². The minimum atomic E-state index is -2.97. The lowest BCUT2D eigenvalue weighted by molar-refractivity contribution is 0.161. The fraction of sp³-hybridized carbons (Fsp3) is 0.583. The predicted molar refractivity (Wildman–Crippen MR) is 69.3 cm³/mol. The summed E-state index contributed by atoms with van der Waals surface area (Å²) in [7, 11) is -1.46. The van der Waals surface area contributed by atoms with Crippen molar-refractivity contribution in [2.75, 3.05) is 18.6 Å². The molecule has 1 heterocycles. The number of aliphatic hydroxyl groups is 1. The summed E-state index contributed by atoms with van der Waals surface area (Å²) < 4.78 is 27.6. The third kappa shape index (κ3) is 4.62. The fourth-order valence-electron chi connectivity index (χ4n) is 1.52. The SMILES string of the molecule is CCS(=O)(=O)CCCC(O)c1cccc(OC)n1. The lowest BCUT2D eigenvalue weighted by atomic mass is 10.1. The van der Waals surface area contributed by atoms with Crippen molar-refractivity contribution < 1.29 is 18.3 Å². The van der Waals surface area contributed by atoms with E-state index in [1.54, 1.807) is 25.1 Å². The average molecular weight is 273 g/mol.